The van der Waals surface area contributed by atoms with E-state index in [4.69, 9.17) is 5.73 Å². The first kappa shape index (κ1) is 14.7. The quantitative estimate of drug-likeness (QED) is 0.829. The van der Waals surface area contributed by atoms with Crippen LogP contribution < -0.4 is 11.1 Å². The SMILES string of the molecule is Cc1c(C(C)NC(=O)[C@H](N)CC(C)C)cnn1C. The Morgan fingerprint density at radius 3 is 2.56 bits per heavy atom. The molecule has 0 saturated carbocycles. The molecule has 1 aromatic rings. The van der Waals surface area contributed by atoms with E-state index in [1.54, 1.807) is 10.9 Å². The molecule has 5 heteroatoms. The molecule has 1 rings (SSSR count). The number of carbonyl (C=O) groups excluding carboxylic acids is 1. The van der Waals surface area contributed by atoms with Gasteiger partial charge in [0.25, 0.3) is 0 Å². The summed E-state index contributed by atoms with van der Waals surface area (Å²) in [7, 11) is 1.89. The molecule has 3 N–H and O–H groups in total. The lowest BCUT2D eigenvalue weighted by molar-refractivity contribution is -0.123. The Morgan fingerprint density at radius 2 is 2.11 bits per heavy atom. The summed E-state index contributed by atoms with van der Waals surface area (Å²) in [5, 5.41) is 7.11. The fourth-order valence-corrected chi connectivity index (χ4v) is 1.95. The predicted octanol–water partition coefficient (Wildman–Crippen LogP) is 1.28. The smallest absolute Gasteiger partial charge is 0.237 e. The summed E-state index contributed by atoms with van der Waals surface area (Å²) in [6.45, 7) is 8.05. The average molecular weight is 252 g/mol. The fraction of sp³-hybridized carbons (Fsp3) is 0.692. The van der Waals surface area contributed by atoms with Crippen LogP contribution in [-0.4, -0.2) is 21.7 Å². The molecule has 1 unspecified atom stereocenters. The van der Waals surface area contributed by atoms with Gasteiger partial charge < -0.3 is 11.1 Å². The van der Waals surface area contributed by atoms with Crippen molar-refractivity contribution >= 4 is 5.91 Å². The fourth-order valence-electron chi connectivity index (χ4n) is 1.95. The largest absolute Gasteiger partial charge is 0.348 e. The first-order valence-corrected chi connectivity index (χ1v) is 6.37. The van der Waals surface area contributed by atoms with E-state index in [1.165, 1.54) is 0 Å². The maximum atomic E-state index is 11.9. The van der Waals surface area contributed by atoms with Gasteiger partial charge in [0.15, 0.2) is 0 Å². The molecule has 0 saturated heterocycles. The summed E-state index contributed by atoms with van der Waals surface area (Å²) in [6, 6.07) is -0.506. The number of amides is 1. The topological polar surface area (TPSA) is 72.9 Å². The van der Waals surface area contributed by atoms with Gasteiger partial charge in [-0.25, -0.2) is 0 Å². The third-order valence-corrected chi connectivity index (χ3v) is 3.16. The van der Waals surface area contributed by atoms with Gasteiger partial charge in [-0.05, 0) is 26.2 Å². The van der Waals surface area contributed by atoms with Crippen molar-refractivity contribution in [1.29, 1.82) is 0 Å². The minimum absolute atomic E-state index is 0.0654. The van der Waals surface area contributed by atoms with E-state index < -0.39 is 6.04 Å². The van der Waals surface area contributed by atoms with Gasteiger partial charge >= 0.3 is 0 Å². The van der Waals surface area contributed by atoms with Crippen LogP contribution in [0.3, 0.4) is 0 Å². The zero-order valence-electron chi connectivity index (χ0n) is 11.9. The standard InChI is InChI=1S/C13H24N4O/c1-8(2)6-12(14)13(18)16-9(3)11-7-15-17(5)10(11)4/h7-9,12H,6,14H2,1-5H3,(H,16,18)/t9?,12-/m1/s1. The molecule has 18 heavy (non-hydrogen) atoms. The zero-order chi connectivity index (χ0) is 13.9. The number of hydrogen-bond acceptors (Lipinski definition) is 3. The van der Waals surface area contributed by atoms with Gasteiger partial charge in [0.1, 0.15) is 0 Å². The number of nitrogens with two attached hydrogens (primary N) is 1. The van der Waals surface area contributed by atoms with Crippen molar-refractivity contribution < 1.29 is 4.79 Å². The molecule has 0 aliphatic rings. The lowest BCUT2D eigenvalue weighted by Gasteiger charge is -2.18. The number of aryl methyl sites for hydroxylation is 1. The Bertz CT molecular complexity index is 411. The van der Waals surface area contributed by atoms with Crippen LogP contribution in [0.2, 0.25) is 0 Å². The van der Waals surface area contributed by atoms with Gasteiger partial charge in [-0.2, -0.15) is 5.10 Å². The summed E-state index contributed by atoms with van der Waals surface area (Å²) in [6.07, 6.45) is 2.48. The van der Waals surface area contributed by atoms with Gasteiger partial charge in [-0.3, -0.25) is 9.48 Å². The van der Waals surface area contributed by atoms with Crippen LogP contribution in [0.5, 0.6) is 0 Å². The second-order valence-electron chi connectivity index (χ2n) is 5.28. The number of rotatable bonds is 5. The van der Waals surface area contributed by atoms with Crippen molar-refractivity contribution in [3.8, 4) is 0 Å². The Balaban J connectivity index is 2.62. The van der Waals surface area contributed by atoms with E-state index in [9.17, 15) is 4.79 Å². The normalized spacial score (nSPS) is 14.6. The Kier molecular flexibility index (Phi) is 4.90. The maximum Gasteiger partial charge on any atom is 0.237 e. The molecule has 0 aromatic carbocycles. The van der Waals surface area contributed by atoms with Crippen molar-refractivity contribution in [2.75, 3.05) is 0 Å². The molecule has 0 radical (unpaired) electrons. The monoisotopic (exact) mass is 252 g/mol. The molecule has 2 atom stereocenters. The second-order valence-corrected chi connectivity index (χ2v) is 5.28. The van der Waals surface area contributed by atoms with Crippen molar-refractivity contribution in [3.05, 3.63) is 17.5 Å². The highest BCUT2D eigenvalue weighted by atomic mass is 16.2. The number of nitrogens with one attached hydrogen (secondary N) is 1. The molecule has 0 spiro atoms. The highest BCUT2D eigenvalue weighted by Gasteiger charge is 2.19. The van der Waals surface area contributed by atoms with Gasteiger partial charge in [0, 0.05) is 18.3 Å². The summed E-state index contributed by atoms with van der Waals surface area (Å²) in [5.74, 6) is 0.320. The number of carbonyl (C=O) groups is 1. The van der Waals surface area contributed by atoms with Crippen LogP contribution in [0.1, 0.15) is 44.5 Å². The lowest BCUT2D eigenvalue weighted by atomic mass is 10.0. The number of nitrogens with zero attached hydrogens (tertiary/aromatic N) is 2. The van der Waals surface area contributed by atoms with E-state index in [1.807, 2.05) is 20.9 Å². The van der Waals surface area contributed by atoms with Crippen molar-refractivity contribution in [2.24, 2.45) is 18.7 Å². The third kappa shape index (κ3) is 3.57. The van der Waals surface area contributed by atoms with Crippen LogP contribution >= 0.6 is 0 Å². The molecule has 0 aliphatic heterocycles. The van der Waals surface area contributed by atoms with Gasteiger partial charge in [-0.15, -0.1) is 0 Å². The molecular formula is C13H24N4O. The molecule has 1 aromatic heterocycles. The molecule has 0 aliphatic carbocycles. The molecule has 102 valence electrons. The second kappa shape index (κ2) is 6.00. The van der Waals surface area contributed by atoms with E-state index in [2.05, 4.69) is 24.3 Å². The number of hydrogen-bond donors (Lipinski definition) is 2. The van der Waals surface area contributed by atoms with Crippen molar-refractivity contribution in [3.63, 3.8) is 0 Å². The lowest BCUT2D eigenvalue weighted by Crippen LogP contribution is -2.42. The number of aromatic nitrogens is 2. The van der Waals surface area contributed by atoms with Gasteiger partial charge in [0.05, 0.1) is 18.3 Å². The summed E-state index contributed by atoms with van der Waals surface area (Å²) in [4.78, 5) is 11.9. The Labute approximate surface area is 109 Å². The van der Waals surface area contributed by atoms with E-state index in [-0.39, 0.29) is 11.9 Å². The summed E-state index contributed by atoms with van der Waals surface area (Å²) < 4.78 is 1.80. The Morgan fingerprint density at radius 1 is 1.50 bits per heavy atom. The molecule has 0 bridgehead atoms. The Hall–Kier alpha value is -1.36. The third-order valence-electron chi connectivity index (χ3n) is 3.16. The highest BCUT2D eigenvalue weighted by molar-refractivity contribution is 5.81. The minimum atomic E-state index is -0.440. The van der Waals surface area contributed by atoms with E-state index in [0.717, 1.165) is 11.3 Å². The van der Waals surface area contributed by atoms with Crippen molar-refractivity contribution in [1.82, 2.24) is 15.1 Å². The average Bonchev–Trinajstić information content (AvgIpc) is 2.58. The molecule has 1 heterocycles. The van der Waals surface area contributed by atoms with Gasteiger partial charge in [0.2, 0.25) is 5.91 Å². The first-order chi connectivity index (χ1) is 8.32. The maximum absolute atomic E-state index is 11.9. The van der Waals surface area contributed by atoms with Crippen molar-refractivity contribution in [2.45, 2.75) is 46.2 Å². The molecular weight excluding hydrogens is 228 g/mol. The minimum Gasteiger partial charge on any atom is -0.348 e. The predicted molar refractivity (Wildman–Crippen MR) is 71.9 cm³/mol. The molecule has 1 amide bonds. The van der Waals surface area contributed by atoms with Gasteiger partial charge in [-0.1, -0.05) is 13.8 Å². The van der Waals surface area contributed by atoms with Crippen LogP contribution in [0, 0.1) is 12.8 Å². The van der Waals surface area contributed by atoms with Crippen LogP contribution in [-0.2, 0) is 11.8 Å². The summed E-state index contributed by atoms with van der Waals surface area (Å²) in [5.41, 5.74) is 7.94. The van der Waals surface area contributed by atoms with E-state index >= 15 is 0 Å². The van der Waals surface area contributed by atoms with Crippen LogP contribution in [0.15, 0.2) is 6.20 Å². The van der Waals surface area contributed by atoms with Crippen LogP contribution in [0.4, 0.5) is 0 Å². The highest BCUT2D eigenvalue weighted by Crippen LogP contribution is 2.16. The van der Waals surface area contributed by atoms with E-state index in [0.29, 0.717) is 12.3 Å². The zero-order valence-corrected chi connectivity index (χ0v) is 11.9. The summed E-state index contributed by atoms with van der Waals surface area (Å²) >= 11 is 0. The molecule has 5 nitrogen and oxygen atoms in total. The first-order valence-electron chi connectivity index (χ1n) is 6.37. The van der Waals surface area contributed by atoms with Crippen LogP contribution in [0.25, 0.3) is 0 Å². The molecule has 0 fully saturated rings.